The van der Waals surface area contributed by atoms with E-state index in [1.807, 2.05) is 12.1 Å². The van der Waals surface area contributed by atoms with Gasteiger partial charge in [0.05, 0.1) is 5.75 Å². The number of aryl methyl sites for hydroxylation is 1. The fraction of sp³-hybridized carbons (Fsp3) is 0.300. The molecule has 1 aromatic carbocycles. The topological polar surface area (TPSA) is 43.1 Å². The molecule has 70 valence electrons. The number of primary amides is 1. The van der Waals surface area contributed by atoms with Crippen LogP contribution in [0.25, 0.3) is 0 Å². The summed E-state index contributed by atoms with van der Waals surface area (Å²) in [7, 11) is 0. The van der Waals surface area contributed by atoms with Gasteiger partial charge in [0, 0.05) is 4.90 Å². The number of rotatable bonds is 4. The van der Waals surface area contributed by atoms with Gasteiger partial charge >= 0.3 is 0 Å². The van der Waals surface area contributed by atoms with E-state index in [0.29, 0.717) is 5.75 Å². The lowest BCUT2D eigenvalue weighted by Crippen LogP contribution is -2.12. The normalized spacial score (nSPS) is 9.92. The Labute approximate surface area is 82.5 Å². The maximum absolute atomic E-state index is 10.5. The molecule has 0 aliphatic rings. The van der Waals surface area contributed by atoms with Crippen LogP contribution < -0.4 is 5.73 Å². The van der Waals surface area contributed by atoms with Crippen molar-refractivity contribution in [2.45, 2.75) is 18.2 Å². The van der Waals surface area contributed by atoms with Gasteiger partial charge in [-0.05, 0) is 24.1 Å². The van der Waals surface area contributed by atoms with Crippen LogP contribution in [0.3, 0.4) is 0 Å². The monoisotopic (exact) mass is 195 g/mol. The lowest BCUT2D eigenvalue weighted by molar-refractivity contribution is -0.115. The Morgan fingerprint density at radius 2 is 2.31 bits per heavy atom. The fourth-order valence-electron chi connectivity index (χ4n) is 1.01. The van der Waals surface area contributed by atoms with Gasteiger partial charge in [0.15, 0.2) is 0 Å². The van der Waals surface area contributed by atoms with Gasteiger partial charge in [0.2, 0.25) is 5.91 Å². The third-order valence-electron chi connectivity index (χ3n) is 1.69. The van der Waals surface area contributed by atoms with Crippen molar-refractivity contribution in [3.8, 4) is 0 Å². The number of amides is 1. The summed E-state index contributed by atoms with van der Waals surface area (Å²) in [6, 6.07) is 8.16. The number of benzene rings is 1. The van der Waals surface area contributed by atoms with E-state index in [4.69, 9.17) is 5.73 Å². The van der Waals surface area contributed by atoms with Gasteiger partial charge in [0.25, 0.3) is 0 Å². The second-order valence-corrected chi connectivity index (χ2v) is 3.80. The van der Waals surface area contributed by atoms with E-state index in [-0.39, 0.29) is 5.91 Å². The van der Waals surface area contributed by atoms with E-state index < -0.39 is 0 Å². The van der Waals surface area contributed by atoms with Gasteiger partial charge in [-0.3, -0.25) is 4.79 Å². The van der Waals surface area contributed by atoms with Crippen molar-refractivity contribution < 1.29 is 4.79 Å². The molecule has 0 unspecified atom stereocenters. The average molecular weight is 195 g/mol. The minimum absolute atomic E-state index is 0.271. The molecule has 2 N–H and O–H groups in total. The van der Waals surface area contributed by atoms with Crippen LogP contribution in [0.2, 0.25) is 0 Å². The SMILES string of the molecule is CCc1cccc(SCC(N)=O)c1. The fourth-order valence-corrected chi connectivity index (χ4v) is 1.73. The summed E-state index contributed by atoms with van der Waals surface area (Å²) in [5.74, 6) is 0.0829. The van der Waals surface area contributed by atoms with Gasteiger partial charge < -0.3 is 5.73 Å². The highest BCUT2D eigenvalue weighted by Crippen LogP contribution is 2.18. The first-order valence-corrected chi connectivity index (χ1v) is 5.21. The standard InChI is InChI=1S/C10H13NOS/c1-2-8-4-3-5-9(6-8)13-7-10(11)12/h3-6H,2,7H2,1H3,(H2,11,12). The zero-order chi connectivity index (χ0) is 9.68. The summed E-state index contributed by atoms with van der Waals surface area (Å²) in [5.41, 5.74) is 6.34. The zero-order valence-electron chi connectivity index (χ0n) is 7.62. The molecule has 0 saturated heterocycles. The smallest absolute Gasteiger partial charge is 0.227 e. The lowest BCUT2D eigenvalue weighted by Gasteiger charge is -2.01. The van der Waals surface area contributed by atoms with Crippen LogP contribution in [0.15, 0.2) is 29.2 Å². The van der Waals surface area contributed by atoms with Crippen LogP contribution >= 0.6 is 11.8 Å². The molecule has 0 spiro atoms. The second-order valence-electron chi connectivity index (χ2n) is 2.76. The van der Waals surface area contributed by atoms with Crippen LogP contribution in [-0.4, -0.2) is 11.7 Å². The molecule has 0 aliphatic heterocycles. The summed E-state index contributed by atoms with van der Waals surface area (Å²) >= 11 is 1.48. The molecule has 0 atom stereocenters. The van der Waals surface area contributed by atoms with Crippen molar-refractivity contribution in [1.29, 1.82) is 0 Å². The van der Waals surface area contributed by atoms with E-state index in [1.165, 1.54) is 17.3 Å². The van der Waals surface area contributed by atoms with Crippen LogP contribution in [0.5, 0.6) is 0 Å². The Balaban J connectivity index is 2.61. The molecule has 0 heterocycles. The number of carbonyl (C=O) groups excluding carboxylic acids is 1. The minimum atomic E-state index is -0.271. The van der Waals surface area contributed by atoms with E-state index >= 15 is 0 Å². The number of nitrogens with two attached hydrogens (primary N) is 1. The first kappa shape index (κ1) is 10.1. The summed E-state index contributed by atoms with van der Waals surface area (Å²) in [4.78, 5) is 11.6. The van der Waals surface area contributed by atoms with Crippen molar-refractivity contribution in [2.24, 2.45) is 5.73 Å². The molecule has 0 aliphatic carbocycles. The molecule has 0 radical (unpaired) electrons. The molecule has 0 bridgehead atoms. The molecule has 1 aromatic rings. The van der Waals surface area contributed by atoms with Gasteiger partial charge in [0.1, 0.15) is 0 Å². The van der Waals surface area contributed by atoms with Crippen LogP contribution in [0.1, 0.15) is 12.5 Å². The Morgan fingerprint density at radius 1 is 1.54 bits per heavy atom. The highest BCUT2D eigenvalue weighted by Gasteiger charge is 1.98. The van der Waals surface area contributed by atoms with Crippen molar-refractivity contribution in [3.05, 3.63) is 29.8 Å². The van der Waals surface area contributed by atoms with Crippen molar-refractivity contribution in [1.82, 2.24) is 0 Å². The van der Waals surface area contributed by atoms with Gasteiger partial charge in [-0.25, -0.2) is 0 Å². The Morgan fingerprint density at radius 3 is 2.92 bits per heavy atom. The third kappa shape index (κ3) is 3.51. The Kier molecular flexibility index (Phi) is 3.83. The Bertz CT molecular complexity index is 299. The van der Waals surface area contributed by atoms with Gasteiger partial charge in [-0.1, -0.05) is 19.1 Å². The van der Waals surface area contributed by atoms with E-state index in [1.54, 1.807) is 0 Å². The predicted molar refractivity (Wildman–Crippen MR) is 55.7 cm³/mol. The maximum Gasteiger partial charge on any atom is 0.227 e. The molecule has 3 heteroatoms. The summed E-state index contributed by atoms with van der Waals surface area (Å²) in [6.45, 7) is 2.11. The highest BCUT2D eigenvalue weighted by atomic mass is 32.2. The van der Waals surface area contributed by atoms with Gasteiger partial charge in [-0.2, -0.15) is 0 Å². The van der Waals surface area contributed by atoms with Crippen LogP contribution in [0.4, 0.5) is 0 Å². The molecule has 1 rings (SSSR count). The molecule has 0 saturated carbocycles. The quantitative estimate of drug-likeness (QED) is 0.745. The summed E-state index contributed by atoms with van der Waals surface area (Å²) < 4.78 is 0. The second kappa shape index (κ2) is 4.92. The number of hydrogen-bond donors (Lipinski definition) is 1. The largest absolute Gasteiger partial charge is 0.369 e. The summed E-state index contributed by atoms with van der Waals surface area (Å²) in [6.07, 6.45) is 1.02. The third-order valence-corrected chi connectivity index (χ3v) is 2.70. The minimum Gasteiger partial charge on any atom is -0.369 e. The van der Waals surface area contributed by atoms with Crippen LogP contribution in [-0.2, 0) is 11.2 Å². The molecular weight excluding hydrogens is 182 g/mol. The molecule has 13 heavy (non-hydrogen) atoms. The van der Waals surface area contributed by atoms with Crippen molar-refractivity contribution in [2.75, 3.05) is 5.75 Å². The lowest BCUT2D eigenvalue weighted by atomic mass is 10.2. The van der Waals surface area contributed by atoms with E-state index in [0.717, 1.165) is 11.3 Å². The van der Waals surface area contributed by atoms with Crippen molar-refractivity contribution >= 4 is 17.7 Å². The molecular formula is C10H13NOS. The molecule has 0 fully saturated rings. The predicted octanol–water partition coefficient (Wildman–Crippen LogP) is 1.83. The highest BCUT2D eigenvalue weighted by molar-refractivity contribution is 8.00. The van der Waals surface area contributed by atoms with E-state index in [9.17, 15) is 4.79 Å². The van der Waals surface area contributed by atoms with Crippen molar-refractivity contribution in [3.63, 3.8) is 0 Å². The number of carbonyl (C=O) groups is 1. The van der Waals surface area contributed by atoms with E-state index in [2.05, 4.69) is 19.1 Å². The molecule has 1 amide bonds. The maximum atomic E-state index is 10.5. The summed E-state index contributed by atoms with van der Waals surface area (Å²) in [5, 5.41) is 0. The van der Waals surface area contributed by atoms with Gasteiger partial charge in [-0.15, -0.1) is 11.8 Å². The molecule has 2 nitrogen and oxygen atoms in total. The molecule has 0 aromatic heterocycles. The number of hydrogen-bond acceptors (Lipinski definition) is 2. The van der Waals surface area contributed by atoms with Crippen LogP contribution in [0, 0.1) is 0 Å². The average Bonchev–Trinajstić information content (AvgIpc) is 2.15. The Hall–Kier alpha value is -0.960. The first-order valence-electron chi connectivity index (χ1n) is 4.22. The number of thioether (sulfide) groups is 1. The first-order chi connectivity index (χ1) is 6.22. The zero-order valence-corrected chi connectivity index (χ0v) is 8.43.